The van der Waals surface area contributed by atoms with Crippen molar-refractivity contribution in [3.05, 3.63) is 42.1 Å². The third kappa shape index (κ3) is 2.08. The van der Waals surface area contributed by atoms with Crippen molar-refractivity contribution in [2.24, 2.45) is 5.92 Å². The van der Waals surface area contributed by atoms with E-state index in [0.29, 0.717) is 6.54 Å². The molecule has 0 atom stereocenters. The summed E-state index contributed by atoms with van der Waals surface area (Å²) in [6.07, 6.45) is 3.92. The molecule has 0 bridgehead atoms. The first-order valence-corrected chi connectivity index (χ1v) is 6.33. The highest BCUT2D eigenvalue weighted by Crippen LogP contribution is 2.31. The Morgan fingerprint density at radius 2 is 2.11 bits per heavy atom. The Hall–Kier alpha value is -1.90. The van der Waals surface area contributed by atoms with Crippen molar-refractivity contribution >= 4 is 16.8 Å². The molecule has 0 spiro atoms. The number of amides is 1. The molecule has 1 amide bonds. The Morgan fingerprint density at radius 3 is 2.89 bits per heavy atom. The van der Waals surface area contributed by atoms with Crippen LogP contribution in [0.4, 0.5) is 0 Å². The molecule has 1 aromatic carbocycles. The predicted molar refractivity (Wildman–Crippen MR) is 70.9 cm³/mol. The second-order valence-corrected chi connectivity index (χ2v) is 4.96. The molecule has 92 valence electrons. The molecule has 1 fully saturated rings. The van der Waals surface area contributed by atoms with Crippen molar-refractivity contribution in [3.8, 4) is 0 Å². The molecule has 1 saturated carbocycles. The highest BCUT2D eigenvalue weighted by Gasteiger charge is 2.31. The van der Waals surface area contributed by atoms with Crippen LogP contribution in [0.5, 0.6) is 0 Å². The molecular formula is C15H16N2O. The summed E-state index contributed by atoms with van der Waals surface area (Å²) in [7, 11) is 1.88. The standard InChI is InChI=1S/C15H16N2O/c1-17(15(18)11-6-7-11)10-12-8-9-16-14-5-3-2-4-13(12)14/h2-5,8-9,11H,6-7,10H2,1H3. The van der Waals surface area contributed by atoms with Crippen LogP contribution >= 0.6 is 0 Å². The molecule has 1 aliphatic carbocycles. The van der Waals surface area contributed by atoms with Crippen LogP contribution in [0.2, 0.25) is 0 Å². The normalized spacial score (nSPS) is 14.7. The van der Waals surface area contributed by atoms with Crippen molar-refractivity contribution < 1.29 is 4.79 Å². The molecule has 0 saturated heterocycles. The molecule has 18 heavy (non-hydrogen) atoms. The average Bonchev–Trinajstić information content (AvgIpc) is 3.22. The van der Waals surface area contributed by atoms with Gasteiger partial charge < -0.3 is 4.90 Å². The van der Waals surface area contributed by atoms with Crippen LogP contribution in [0.3, 0.4) is 0 Å². The summed E-state index contributed by atoms with van der Waals surface area (Å²) in [6.45, 7) is 0.665. The number of nitrogens with zero attached hydrogens (tertiary/aromatic N) is 2. The lowest BCUT2D eigenvalue weighted by Gasteiger charge is -2.18. The zero-order valence-corrected chi connectivity index (χ0v) is 10.5. The van der Waals surface area contributed by atoms with Gasteiger partial charge in [0.2, 0.25) is 5.91 Å². The second-order valence-electron chi connectivity index (χ2n) is 4.96. The van der Waals surface area contributed by atoms with Crippen molar-refractivity contribution in [3.63, 3.8) is 0 Å². The first kappa shape index (κ1) is 11.2. The van der Waals surface area contributed by atoms with Gasteiger partial charge >= 0.3 is 0 Å². The molecule has 0 N–H and O–H groups in total. The molecular weight excluding hydrogens is 224 g/mol. The molecule has 1 aliphatic rings. The summed E-state index contributed by atoms with van der Waals surface area (Å²) < 4.78 is 0. The van der Waals surface area contributed by atoms with Gasteiger partial charge in [-0.25, -0.2) is 0 Å². The van der Waals surface area contributed by atoms with Gasteiger partial charge in [0.15, 0.2) is 0 Å². The monoisotopic (exact) mass is 240 g/mol. The van der Waals surface area contributed by atoms with E-state index in [0.717, 1.165) is 29.3 Å². The Bertz CT molecular complexity index is 585. The van der Waals surface area contributed by atoms with Gasteiger partial charge in [-0.05, 0) is 30.5 Å². The van der Waals surface area contributed by atoms with Gasteiger partial charge in [-0.2, -0.15) is 0 Å². The fraction of sp³-hybridized carbons (Fsp3) is 0.333. The van der Waals surface area contributed by atoms with E-state index in [1.807, 2.05) is 42.4 Å². The number of aromatic nitrogens is 1. The van der Waals surface area contributed by atoms with Gasteiger partial charge in [0, 0.05) is 31.1 Å². The fourth-order valence-corrected chi connectivity index (χ4v) is 2.27. The number of rotatable bonds is 3. The molecule has 3 nitrogen and oxygen atoms in total. The number of hydrogen-bond donors (Lipinski definition) is 0. The van der Waals surface area contributed by atoms with E-state index in [4.69, 9.17) is 0 Å². The van der Waals surface area contributed by atoms with E-state index in [-0.39, 0.29) is 11.8 Å². The minimum atomic E-state index is 0.274. The first-order valence-electron chi connectivity index (χ1n) is 6.33. The summed E-state index contributed by atoms with van der Waals surface area (Å²) in [5.74, 6) is 0.555. The van der Waals surface area contributed by atoms with Crippen LogP contribution in [0.1, 0.15) is 18.4 Å². The van der Waals surface area contributed by atoms with Gasteiger partial charge in [0.05, 0.1) is 5.52 Å². The summed E-state index contributed by atoms with van der Waals surface area (Å²) in [6, 6.07) is 10.1. The third-order valence-corrected chi connectivity index (χ3v) is 3.45. The number of benzene rings is 1. The average molecular weight is 240 g/mol. The lowest BCUT2D eigenvalue weighted by Crippen LogP contribution is -2.27. The van der Waals surface area contributed by atoms with Crippen LogP contribution in [-0.2, 0) is 11.3 Å². The van der Waals surface area contributed by atoms with Crippen LogP contribution in [0, 0.1) is 5.92 Å². The van der Waals surface area contributed by atoms with Crippen molar-refractivity contribution in [2.45, 2.75) is 19.4 Å². The second kappa shape index (κ2) is 4.41. The predicted octanol–water partition coefficient (Wildman–Crippen LogP) is 2.60. The van der Waals surface area contributed by atoms with Crippen LogP contribution in [0.15, 0.2) is 36.5 Å². The molecule has 1 heterocycles. The van der Waals surface area contributed by atoms with E-state index < -0.39 is 0 Å². The molecule has 3 heteroatoms. The molecule has 3 rings (SSSR count). The fourth-order valence-electron chi connectivity index (χ4n) is 2.27. The van der Waals surface area contributed by atoms with E-state index in [9.17, 15) is 4.79 Å². The summed E-state index contributed by atoms with van der Waals surface area (Å²) in [5, 5.41) is 1.13. The summed E-state index contributed by atoms with van der Waals surface area (Å²) in [4.78, 5) is 18.1. The van der Waals surface area contributed by atoms with Gasteiger partial charge in [-0.15, -0.1) is 0 Å². The zero-order valence-electron chi connectivity index (χ0n) is 10.5. The smallest absolute Gasteiger partial charge is 0.225 e. The number of fused-ring (bicyclic) bond motifs is 1. The number of hydrogen-bond acceptors (Lipinski definition) is 2. The quantitative estimate of drug-likeness (QED) is 0.826. The summed E-state index contributed by atoms with van der Waals surface area (Å²) >= 11 is 0. The highest BCUT2D eigenvalue weighted by atomic mass is 16.2. The Kier molecular flexibility index (Phi) is 2.74. The molecule has 0 unspecified atom stereocenters. The van der Waals surface area contributed by atoms with Gasteiger partial charge in [-0.1, -0.05) is 18.2 Å². The largest absolute Gasteiger partial charge is 0.341 e. The Balaban J connectivity index is 1.87. The summed E-state index contributed by atoms with van der Waals surface area (Å²) in [5.41, 5.74) is 2.15. The van der Waals surface area contributed by atoms with Crippen molar-refractivity contribution in [1.29, 1.82) is 0 Å². The number of para-hydroxylation sites is 1. The lowest BCUT2D eigenvalue weighted by atomic mass is 10.1. The minimum absolute atomic E-state index is 0.274. The highest BCUT2D eigenvalue weighted by molar-refractivity contribution is 5.84. The zero-order chi connectivity index (χ0) is 12.5. The number of carbonyl (C=O) groups is 1. The maximum absolute atomic E-state index is 12.0. The number of carbonyl (C=O) groups excluding carboxylic acids is 1. The SMILES string of the molecule is CN(Cc1ccnc2ccccc12)C(=O)C1CC1. The Labute approximate surface area is 106 Å². The maximum atomic E-state index is 12.0. The molecule has 1 aromatic heterocycles. The third-order valence-electron chi connectivity index (χ3n) is 3.45. The van der Waals surface area contributed by atoms with E-state index in [1.165, 1.54) is 0 Å². The number of pyridine rings is 1. The van der Waals surface area contributed by atoms with Gasteiger partial charge in [-0.3, -0.25) is 9.78 Å². The van der Waals surface area contributed by atoms with Crippen LogP contribution in [-0.4, -0.2) is 22.8 Å². The lowest BCUT2D eigenvalue weighted by molar-refractivity contribution is -0.131. The van der Waals surface area contributed by atoms with Gasteiger partial charge in [0.25, 0.3) is 0 Å². The molecule has 0 radical (unpaired) electrons. The van der Waals surface area contributed by atoms with E-state index in [2.05, 4.69) is 11.1 Å². The molecule has 0 aliphatic heterocycles. The van der Waals surface area contributed by atoms with Crippen molar-refractivity contribution in [2.75, 3.05) is 7.05 Å². The van der Waals surface area contributed by atoms with Crippen LogP contribution < -0.4 is 0 Å². The van der Waals surface area contributed by atoms with Crippen molar-refractivity contribution in [1.82, 2.24) is 9.88 Å². The van der Waals surface area contributed by atoms with Gasteiger partial charge in [0.1, 0.15) is 0 Å². The first-order chi connectivity index (χ1) is 8.75. The van der Waals surface area contributed by atoms with E-state index in [1.54, 1.807) is 0 Å². The van der Waals surface area contributed by atoms with Crippen LogP contribution in [0.25, 0.3) is 10.9 Å². The minimum Gasteiger partial charge on any atom is -0.341 e. The molecule has 2 aromatic rings. The topological polar surface area (TPSA) is 33.2 Å². The Morgan fingerprint density at radius 1 is 1.33 bits per heavy atom. The van der Waals surface area contributed by atoms with E-state index >= 15 is 0 Å². The maximum Gasteiger partial charge on any atom is 0.225 e.